The van der Waals surface area contributed by atoms with Gasteiger partial charge in [-0.2, -0.15) is 0 Å². The highest BCUT2D eigenvalue weighted by Gasteiger charge is 2.23. The van der Waals surface area contributed by atoms with E-state index in [1.165, 1.54) is 19.1 Å². The van der Waals surface area contributed by atoms with Crippen molar-refractivity contribution in [3.8, 4) is 0 Å². The summed E-state index contributed by atoms with van der Waals surface area (Å²) in [5, 5.41) is 18.3. The minimum Gasteiger partial charge on any atom is -0.386 e. The maximum atomic E-state index is 10.8. The van der Waals surface area contributed by atoms with Crippen LogP contribution in [0.4, 0.5) is 0 Å². The molecule has 0 saturated carbocycles. The van der Waals surface area contributed by atoms with Gasteiger partial charge in [0, 0.05) is 5.57 Å². The summed E-state index contributed by atoms with van der Waals surface area (Å²) in [7, 11) is 0. The number of ketones is 1. The van der Waals surface area contributed by atoms with Crippen molar-refractivity contribution in [3.63, 3.8) is 0 Å². The number of rotatable bonds is 1. The highest BCUT2D eigenvalue weighted by atomic mass is 16.3. The zero-order chi connectivity index (χ0) is 8.43. The molecule has 3 heteroatoms. The first-order chi connectivity index (χ1) is 5.13. The van der Waals surface area contributed by atoms with Crippen molar-refractivity contribution in [3.05, 3.63) is 23.8 Å². The molecular formula is C8H10O3. The van der Waals surface area contributed by atoms with Gasteiger partial charge in [0.1, 0.15) is 12.2 Å². The third-order valence-electron chi connectivity index (χ3n) is 1.63. The van der Waals surface area contributed by atoms with Crippen molar-refractivity contribution in [2.75, 3.05) is 0 Å². The molecular weight excluding hydrogens is 144 g/mol. The van der Waals surface area contributed by atoms with Crippen molar-refractivity contribution in [2.45, 2.75) is 19.1 Å². The van der Waals surface area contributed by atoms with Crippen LogP contribution in [0.2, 0.25) is 0 Å². The lowest BCUT2D eigenvalue weighted by Gasteiger charge is -2.18. The Morgan fingerprint density at radius 2 is 2.18 bits per heavy atom. The number of Topliss-reactive ketones (excluding diaryl/α,β-unsaturated/α-hetero) is 1. The molecule has 60 valence electrons. The van der Waals surface area contributed by atoms with E-state index in [0.717, 1.165) is 0 Å². The molecule has 1 aliphatic rings. The molecule has 0 aromatic rings. The van der Waals surface area contributed by atoms with E-state index in [-0.39, 0.29) is 11.4 Å². The molecule has 0 saturated heterocycles. The second kappa shape index (κ2) is 2.98. The Hall–Kier alpha value is -0.930. The molecule has 0 aromatic heterocycles. The molecule has 0 aromatic carbocycles. The lowest BCUT2D eigenvalue weighted by molar-refractivity contribution is -0.115. The van der Waals surface area contributed by atoms with Gasteiger partial charge in [0.25, 0.3) is 0 Å². The molecule has 0 unspecified atom stereocenters. The van der Waals surface area contributed by atoms with Gasteiger partial charge in [-0.3, -0.25) is 4.79 Å². The van der Waals surface area contributed by atoms with Crippen molar-refractivity contribution >= 4 is 5.78 Å². The third kappa shape index (κ3) is 1.56. The van der Waals surface area contributed by atoms with E-state index in [2.05, 4.69) is 0 Å². The Balaban J connectivity index is 2.87. The van der Waals surface area contributed by atoms with Gasteiger partial charge in [0.2, 0.25) is 0 Å². The van der Waals surface area contributed by atoms with Crippen LogP contribution in [0, 0.1) is 0 Å². The molecule has 2 N–H and O–H groups in total. The van der Waals surface area contributed by atoms with Crippen LogP contribution < -0.4 is 0 Å². The summed E-state index contributed by atoms with van der Waals surface area (Å²) in [5.74, 6) is -0.207. The van der Waals surface area contributed by atoms with Crippen LogP contribution in [0.25, 0.3) is 0 Å². The summed E-state index contributed by atoms with van der Waals surface area (Å²) < 4.78 is 0. The maximum absolute atomic E-state index is 10.8. The number of aliphatic hydroxyl groups is 2. The monoisotopic (exact) mass is 154 g/mol. The van der Waals surface area contributed by atoms with Gasteiger partial charge < -0.3 is 10.2 Å². The van der Waals surface area contributed by atoms with Crippen LogP contribution in [0.1, 0.15) is 6.92 Å². The van der Waals surface area contributed by atoms with Crippen LogP contribution in [0.15, 0.2) is 23.8 Å². The standard InChI is InChI=1S/C8H10O3/c1-5(9)6-3-2-4-7(10)8(6)11/h2-4,7-8,10-11H,1H3/t7-,8+/m0/s1. The Kier molecular flexibility index (Phi) is 2.22. The molecule has 1 rings (SSSR count). The first-order valence-corrected chi connectivity index (χ1v) is 3.38. The van der Waals surface area contributed by atoms with Gasteiger partial charge in [-0.15, -0.1) is 0 Å². The fourth-order valence-corrected chi connectivity index (χ4v) is 0.986. The highest BCUT2D eigenvalue weighted by Crippen LogP contribution is 2.13. The topological polar surface area (TPSA) is 57.5 Å². The minimum absolute atomic E-state index is 0.207. The SMILES string of the molecule is CC(=O)C1=CC=C[C@H](O)[C@@H]1O. The summed E-state index contributed by atoms with van der Waals surface area (Å²) in [6.45, 7) is 1.36. The number of hydrogen-bond donors (Lipinski definition) is 2. The average Bonchev–Trinajstić information content (AvgIpc) is 1.94. The second-order valence-electron chi connectivity index (χ2n) is 2.50. The molecule has 2 atom stereocenters. The largest absolute Gasteiger partial charge is 0.386 e. The quantitative estimate of drug-likeness (QED) is 0.549. The summed E-state index contributed by atoms with van der Waals surface area (Å²) in [4.78, 5) is 10.8. The fourth-order valence-electron chi connectivity index (χ4n) is 0.986. The van der Waals surface area contributed by atoms with Crippen LogP contribution in [-0.4, -0.2) is 28.2 Å². The average molecular weight is 154 g/mol. The molecule has 3 nitrogen and oxygen atoms in total. The van der Waals surface area contributed by atoms with E-state index < -0.39 is 12.2 Å². The Morgan fingerprint density at radius 3 is 2.64 bits per heavy atom. The zero-order valence-electron chi connectivity index (χ0n) is 6.19. The Labute approximate surface area is 64.7 Å². The summed E-state index contributed by atoms with van der Waals surface area (Å²) in [6.07, 6.45) is 2.52. The van der Waals surface area contributed by atoms with Crippen molar-refractivity contribution in [1.29, 1.82) is 0 Å². The van der Waals surface area contributed by atoms with Crippen molar-refractivity contribution < 1.29 is 15.0 Å². The maximum Gasteiger partial charge on any atom is 0.158 e. The van der Waals surface area contributed by atoms with Crippen LogP contribution in [0.5, 0.6) is 0 Å². The van der Waals surface area contributed by atoms with Crippen LogP contribution in [-0.2, 0) is 4.79 Å². The van der Waals surface area contributed by atoms with E-state index in [1.807, 2.05) is 0 Å². The number of hydrogen-bond acceptors (Lipinski definition) is 3. The van der Waals surface area contributed by atoms with E-state index in [0.29, 0.717) is 0 Å². The van der Waals surface area contributed by atoms with Crippen molar-refractivity contribution in [2.24, 2.45) is 0 Å². The Morgan fingerprint density at radius 1 is 1.55 bits per heavy atom. The molecule has 0 aliphatic heterocycles. The van der Waals surface area contributed by atoms with Gasteiger partial charge in [0.15, 0.2) is 5.78 Å². The van der Waals surface area contributed by atoms with Gasteiger partial charge >= 0.3 is 0 Å². The number of carbonyl (C=O) groups is 1. The molecule has 1 aliphatic carbocycles. The summed E-state index contributed by atoms with van der Waals surface area (Å²) in [5.41, 5.74) is 0.264. The lowest BCUT2D eigenvalue weighted by Crippen LogP contribution is -2.30. The van der Waals surface area contributed by atoms with Gasteiger partial charge in [-0.05, 0) is 6.92 Å². The lowest BCUT2D eigenvalue weighted by atomic mass is 9.97. The van der Waals surface area contributed by atoms with Gasteiger partial charge in [0.05, 0.1) is 0 Å². The normalized spacial score (nSPS) is 29.9. The highest BCUT2D eigenvalue weighted by molar-refractivity contribution is 5.95. The predicted molar refractivity (Wildman–Crippen MR) is 39.9 cm³/mol. The molecule has 0 bridgehead atoms. The molecule has 0 amide bonds. The first-order valence-electron chi connectivity index (χ1n) is 3.38. The smallest absolute Gasteiger partial charge is 0.158 e. The fraction of sp³-hybridized carbons (Fsp3) is 0.375. The first kappa shape index (κ1) is 8.17. The number of carbonyl (C=O) groups excluding carboxylic acids is 1. The molecule has 0 radical (unpaired) electrons. The van der Waals surface area contributed by atoms with E-state index in [1.54, 1.807) is 6.08 Å². The van der Waals surface area contributed by atoms with Crippen LogP contribution in [0.3, 0.4) is 0 Å². The summed E-state index contributed by atoms with van der Waals surface area (Å²) in [6, 6.07) is 0. The molecule has 0 spiro atoms. The third-order valence-corrected chi connectivity index (χ3v) is 1.63. The summed E-state index contributed by atoms with van der Waals surface area (Å²) >= 11 is 0. The second-order valence-corrected chi connectivity index (χ2v) is 2.50. The number of allylic oxidation sites excluding steroid dienone is 2. The minimum atomic E-state index is -1.06. The van der Waals surface area contributed by atoms with Gasteiger partial charge in [-0.25, -0.2) is 0 Å². The molecule has 0 heterocycles. The predicted octanol–water partition coefficient (Wildman–Crippen LogP) is -0.207. The van der Waals surface area contributed by atoms with E-state index in [9.17, 15) is 9.90 Å². The molecule has 11 heavy (non-hydrogen) atoms. The zero-order valence-corrected chi connectivity index (χ0v) is 6.19. The van der Waals surface area contributed by atoms with Gasteiger partial charge in [-0.1, -0.05) is 18.2 Å². The molecule has 0 fully saturated rings. The van der Waals surface area contributed by atoms with E-state index in [4.69, 9.17) is 5.11 Å². The number of aliphatic hydroxyl groups excluding tert-OH is 2. The van der Waals surface area contributed by atoms with Crippen molar-refractivity contribution in [1.82, 2.24) is 0 Å². The van der Waals surface area contributed by atoms with E-state index >= 15 is 0 Å². The van der Waals surface area contributed by atoms with Crippen LogP contribution >= 0.6 is 0 Å². The Bertz CT molecular complexity index is 227.